The molecule has 0 saturated heterocycles. The van der Waals surface area contributed by atoms with Gasteiger partial charge in [0.25, 0.3) is 0 Å². The van der Waals surface area contributed by atoms with E-state index < -0.39 is 0 Å². The lowest BCUT2D eigenvalue weighted by molar-refractivity contribution is 0.0373. The van der Waals surface area contributed by atoms with E-state index in [9.17, 15) is 0 Å². The summed E-state index contributed by atoms with van der Waals surface area (Å²) in [7, 11) is 2.26. The second kappa shape index (κ2) is 9.13. The molecule has 4 nitrogen and oxygen atoms in total. The van der Waals surface area contributed by atoms with Gasteiger partial charge in [-0.25, -0.2) is 9.66 Å². The summed E-state index contributed by atoms with van der Waals surface area (Å²) in [5.74, 6) is 7.98. The normalized spacial score (nSPS) is 20.7. The third kappa shape index (κ3) is 3.98. The fraction of sp³-hybridized carbons (Fsp3) is 0.625. The number of benzene rings is 1. The van der Waals surface area contributed by atoms with Gasteiger partial charge in [0.2, 0.25) is 0 Å². The number of hydrogen-bond acceptors (Lipinski definition) is 3. The Morgan fingerprint density at radius 3 is 2.54 bits per heavy atom. The van der Waals surface area contributed by atoms with Crippen LogP contribution in [0.3, 0.4) is 0 Å². The van der Waals surface area contributed by atoms with E-state index in [-0.39, 0.29) is 5.41 Å². The number of nitrogens with two attached hydrogens (primary N) is 1. The van der Waals surface area contributed by atoms with Crippen LogP contribution in [0.5, 0.6) is 0 Å². The van der Waals surface area contributed by atoms with Crippen LogP contribution in [-0.4, -0.2) is 27.6 Å². The highest BCUT2D eigenvalue weighted by Crippen LogP contribution is 2.47. The van der Waals surface area contributed by atoms with Gasteiger partial charge in [-0.3, -0.25) is 4.90 Å². The van der Waals surface area contributed by atoms with Gasteiger partial charge in [-0.05, 0) is 56.2 Å². The molecule has 0 bridgehead atoms. The minimum Gasteiger partial charge on any atom is -0.337 e. The highest BCUT2D eigenvalue weighted by molar-refractivity contribution is 5.75. The van der Waals surface area contributed by atoms with Gasteiger partial charge in [-0.15, -0.1) is 6.58 Å². The molecule has 2 aromatic rings. The monoisotopic (exact) mass is 382 g/mol. The summed E-state index contributed by atoms with van der Waals surface area (Å²) < 4.78 is 1.77. The summed E-state index contributed by atoms with van der Waals surface area (Å²) in [6, 6.07) is 8.68. The zero-order valence-corrected chi connectivity index (χ0v) is 18.0. The van der Waals surface area contributed by atoms with Gasteiger partial charge in [0.15, 0.2) is 0 Å². The van der Waals surface area contributed by atoms with E-state index in [2.05, 4.69) is 38.5 Å². The zero-order valence-electron chi connectivity index (χ0n) is 18.0. The quantitative estimate of drug-likeness (QED) is 0.459. The standard InChI is InChI=1S/C24H38N4/c1-5-16-24(7-3,17-6-2)19-12-8-10-14-21(19)27(4)18-23-26-20-13-9-11-15-22(20)28(23)25/h7,9,11,13,15,19,21H,3,5-6,8,10,12,14,16-18,25H2,1-2,4H3. The summed E-state index contributed by atoms with van der Waals surface area (Å²) in [5.41, 5.74) is 2.24. The topological polar surface area (TPSA) is 47.1 Å². The van der Waals surface area contributed by atoms with E-state index in [4.69, 9.17) is 10.8 Å². The van der Waals surface area contributed by atoms with Gasteiger partial charge in [-0.2, -0.15) is 0 Å². The Bertz CT molecular complexity index is 772. The largest absolute Gasteiger partial charge is 0.337 e. The highest BCUT2D eigenvalue weighted by Gasteiger charge is 2.42. The molecule has 0 spiro atoms. The van der Waals surface area contributed by atoms with Crippen molar-refractivity contribution in [1.29, 1.82) is 0 Å². The number of rotatable bonds is 9. The van der Waals surface area contributed by atoms with Crippen LogP contribution in [0, 0.1) is 11.3 Å². The fourth-order valence-electron chi connectivity index (χ4n) is 5.64. The number of nitrogens with zero attached hydrogens (tertiary/aromatic N) is 3. The van der Waals surface area contributed by atoms with Crippen molar-refractivity contribution >= 4 is 11.0 Å². The molecule has 0 amide bonds. The Hall–Kier alpha value is -1.81. The first-order chi connectivity index (χ1) is 13.6. The number of allylic oxidation sites excluding steroid dienone is 1. The Morgan fingerprint density at radius 2 is 1.89 bits per heavy atom. The fourth-order valence-corrected chi connectivity index (χ4v) is 5.64. The first-order valence-electron chi connectivity index (χ1n) is 11.1. The number of fused-ring (bicyclic) bond motifs is 1. The van der Waals surface area contributed by atoms with Crippen LogP contribution in [0.1, 0.15) is 71.0 Å². The van der Waals surface area contributed by atoms with Crippen molar-refractivity contribution in [2.45, 2.75) is 77.8 Å². The molecule has 154 valence electrons. The van der Waals surface area contributed by atoms with Crippen LogP contribution >= 0.6 is 0 Å². The maximum absolute atomic E-state index is 6.37. The summed E-state index contributed by atoms with van der Waals surface area (Å²) in [4.78, 5) is 7.32. The maximum atomic E-state index is 6.37. The van der Waals surface area contributed by atoms with Gasteiger partial charge in [0.05, 0.1) is 17.6 Å². The van der Waals surface area contributed by atoms with Crippen LogP contribution in [0.2, 0.25) is 0 Å². The first-order valence-corrected chi connectivity index (χ1v) is 11.1. The number of hydrogen-bond donors (Lipinski definition) is 1. The minimum atomic E-state index is 0.256. The van der Waals surface area contributed by atoms with Crippen molar-refractivity contribution in [1.82, 2.24) is 14.6 Å². The summed E-state index contributed by atoms with van der Waals surface area (Å²) in [6.07, 6.45) is 12.5. The molecule has 28 heavy (non-hydrogen) atoms. The van der Waals surface area contributed by atoms with Crippen LogP contribution in [0.4, 0.5) is 0 Å². The molecular formula is C24H38N4. The SMILES string of the molecule is C=CC(CCC)(CCC)C1CCCCC1N(C)Cc1nc2ccccc2n1N. The minimum absolute atomic E-state index is 0.256. The number of para-hydroxylation sites is 2. The van der Waals surface area contributed by atoms with Gasteiger partial charge < -0.3 is 5.84 Å². The lowest BCUT2D eigenvalue weighted by Crippen LogP contribution is -2.47. The molecule has 2 N–H and O–H groups in total. The molecule has 1 aliphatic rings. The third-order valence-electron chi connectivity index (χ3n) is 6.93. The van der Waals surface area contributed by atoms with E-state index >= 15 is 0 Å². The van der Waals surface area contributed by atoms with Crippen LogP contribution in [0.25, 0.3) is 11.0 Å². The maximum Gasteiger partial charge on any atom is 0.142 e. The number of aromatic nitrogens is 2. The van der Waals surface area contributed by atoms with Crippen LogP contribution < -0.4 is 5.84 Å². The smallest absolute Gasteiger partial charge is 0.142 e. The molecule has 3 rings (SSSR count). The van der Waals surface area contributed by atoms with E-state index in [0.717, 1.165) is 23.4 Å². The Labute approximate surface area is 170 Å². The van der Waals surface area contributed by atoms with Crippen molar-refractivity contribution in [3.05, 3.63) is 42.7 Å². The van der Waals surface area contributed by atoms with Crippen molar-refractivity contribution in [3.8, 4) is 0 Å². The number of imidazole rings is 1. The van der Waals surface area contributed by atoms with Gasteiger partial charge in [-0.1, -0.05) is 57.7 Å². The first kappa shape index (κ1) is 20.9. The molecular weight excluding hydrogens is 344 g/mol. The van der Waals surface area contributed by atoms with E-state index in [1.165, 1.54) is 51.4 Å². The molecule has 2 unspecified atom stereocenters. The predicted octanol–water partition coefficient (Wildman–Crippen LogP) is 5.51. The molecule has 1 fully saturated rings. The average molecular weight is 383 g/mol. The molecule has 0 aliphatic heterocycles. The average Bonchev–Trinajstić information content (AvgIpc) is 3.03. The third-order valence-corrected chi connectivity index (χ3v) is 6.93. The lowest BCUT2D eigenvalue weighted by Gasteiger charge is -2.48. The molecule has 1 aliphatic carbocycles. The second-order valence-corrected chi connectivity index (χ2v) is 8.70. The second-order valence-electron chi connectivity index (χ2n) is 8.70. The van der Waals surface area contributed by atoms with Crippen molar-refractivity contribution in [2.24, 2.45) is 11.3 Å². The summed E-state index contributed by atoms with van der Waals surface area (Å²) in [6.45, 7) is 9.72. The molecule has 4 heteroatoms. The van der Waals surface area contributed by atoms with E-state index in [1.807, 2.05) is 24.3 Å². The van der Waals surface area contributed by atoms with E-state index in [0.29, 0.717) is 12.0 Å². The van der Waals surface area contributed by atoms with Crippen molar-refractivity contribution in [3.63, 3.8) is 0 Å². The van der Waals surface area contributed by atoms with E-state index in [1.54, 1.807) is 4.68 Å². The molecule has 1 aromatic heterocycles. The van der Waals surface area contributed by atoms with Crippen molar-refractivity contribution in [2.75, 3.05) is 12.9 Å². The molecule has 2 atom stereocenters. The highest BCUT2D eigenvalue weighted by atomic mass is 15.3. The molecule has 1 aromatic carbocycles. The molecule has 1 heterocycles. The Morgan fingerprint density at radius 1 is 1.21 bits per heavy atom. The Kier molecular flexibility index (Phi) is 6.82. The molecule has 1 saturated carbocycles. The predicted molar refractivity (Wildman–Crippen MR) is 120 cm³/mol. The molecule has 0 radical (unpaired) electrons. The summed E-state index contributed by atoms with van der Waals surface area (Å²) in [5, 5.41) is 0. The summed E-state index contributed by atoms with van der Waals surface area (Å²) >= 11 is 0. The van der Waals surface area contributed by atoms with Crippen molar-refractivity contribution < 1.29 is 0 Å². The van der Waals surface area contributed by atoms with Gasteiger partial charge in [0, 0.05) is 6.04 Å². The zero-order chi connectivity index (χ0) is 20.1. The van der Waals surface area contributed by atoms with Crippen LogP contribution in [-0.2, 0) is 6.54 Å². The van der Waals surface area contributed by atoms with Gasteiger partial charge >= 0.3 is 0 Å². The number of nitrogen functional groups attached to an aromatic ring is 1. The lowest BCUT2D eigenvalue weighted by atomic mass is 9.62. The van der Waals surface area contributed by atoms with Gasteiger partial charge in [0.1, 0.15) is 5.82 Å². The van der Waals surface area contributed by atoms with Crippen LogP contribution in [0.15, 0.2) is 36.9 Å². The Balaban J connectivity index is 1.85.